The van der Waals surface area contributed by atoms with Crippen LogP contribution in [-0.4, -0.2) is 39.0 Å². The highest BCUT2D eigenvalue weighted by Crippen LogP contribution is 2.45. The van der Waals surface area contributed by atoms with Gasteiger partial charge in [0, 0.05) is 54.9 Å². The summed E-state index contributed by atoms with van der Waals surface area (Å²) in [5.74, 6) is 3.41. The molecule has 4 heterocycles. The van der Waals surface area contributed by atoms with E-state index in [0.29, 0.717) is 34.9 Å². The largest absolute Gasteiger partial charge is 0.308 e. The van der Waals surface area contributed by atoms with E-state index in [1.807, 2.05) is 72.8 Å². The first kappa shape index (κ1) is 68.5. The van der Waals surface area contributed by atoms with E-state index in [0.717, 1.165) is 133 Å². The number of rotatable bonds is 14. The second-order valence-corrected chi connectivity index (χ2v) is 30.2. The molecule has 0 bridgehead atoms. The van der Waals surface area contributed by atoms with Crippen LogP contribution in [0.15, 0.2) is 328 Å². The zero-order chi connectivity index (χ0) is 75.8. The van der Waals surface area contributed by atoms with E-state index >= 15 is 0 Å². The number of hydrogen-bond acceptors (Lipinski definition) is 6. The van der Waals surface area contributed by atoms with Crippen molar-refractivity contribution in [3.05, 3.63) is 372 Å². The number of benzene rings is 15. The Morgan fingerprint density at radius 1 is 0.161 bits per heavy atom. The lowest BCUT2D eigenvalue weighted by Crippen LogP contribution is -2.04. The van der Waals surface area contributed by atoms with Gasteiger partial charge in [-0.25, -0.2) is 29.9 Å². The van der Waals surface area contributed by atoms with E-state index in [1.54, 1.807) is 0 Å². The summed E-state index contributed by atoms with van der Waals surface area (Å²) < 4.78 is 4.85. The van der Waals surface area contributed by atoms with Crippen LogP contribution in [0.25, 0.3) is 190 Å². The van der Waals surface area contributed by atoms with Gasteiger partial charge in [-0.15, -0.1) is 0 Å². The molecular weight excluding hydrogens is 1360 g/mol. The molecule has 0 radical (unpaired) electrons. The lowest BCUT2D eigenvalue weighted by atomic mass is 9.95. The highest BCUT2D eigenvalue weighted by atomic mass is 15.1. The van der Waals surface area contributed by atoms with Crippen molar-refractivity contribution in [2.24, 2.45) is 0 Å². The van der Waals surface area contributed by atoms with Crippen molar-refractivity contribution in [3.63, 3.8) is 0 Å². The Kier molecular flexibility index (Phi) is 17.2. The molecule has 534 valence electrons. The van der Waals surface area contributed by atoms with E-state index in [1.165, 1.54) is 66.8 Å². The minimum Gasteiger partial charge on any atom is -0.308 e. The average Bonchev–Trinajstić information content (AvgIpc) is 1.56. The molecule has 0 atom stereocenters. The summed E-state index contributed by atoms with van der Waals surface area (Å²) in [5.41, 5.74) is 34.5. The van der Waals surface area contributed by atoms with Gasteiger partial charge in [0.2, 0.25) is 0 Å². The normalized spacial score (nSPS) is 11.6. The van der Waals surface area contributed by atoms with Gasteiger partial charge >= 0.3 is 0 Å². The van der Waals surface area contributed by atoms with Crippen molar-refractivity contribution >= 4 is 43.6 Å². The fraction of sp³-hybridized carbons (Fsp3) is 0.0769. The molecule has 0 aliphatic heterocycles. The molecule has 4 aromatic heterocycles. The molecule has 19 aromatic rings. The highest BCUT2D eigenvalue weighted by Gasteiger charge is 2.26. The van der Waals surface area contributed by atoms with Crippen LogP contribution in [0.1, 0.15) is 44.5 Å². The summed E-state index contributed by atoms with van der Waals surface area (Å²) in [6.07, 6.45) is 0. The summed E-state index contributed by atoms with van der Waals surface area (Å²) in [4.78, 5) is 32.6. The minimum absolute atomic E-state index is 0.546. The second-order valence-electron chi connectivity index (χ2n) is 30.2. The maximum absolute atomic E-state index is 5.52. The summed E-state index contributed by atoms with van der Waals surface area (Å²) in [6, 6.07) is 119. The van der Waals surface area contributed by atoms with Crippen LogP contribution in [0.5, 0.6) is 0 Å². The first-order valence-corrected chi connectivity index (χ1v) is 38.3. The van der Waals surface area contributed by atoms with Crippen molar-refractivity contribution < 1.29 is 0 Å². The van der Waals surface area contributed by atoms with E-state index in [9.17, 15) is 0 Å². The van der Waals surface area contributed by atoms with Crippen LogP contribution < -0.4 is 0 Å². The molecule has 0 saturated carbocycles. The smallest absolute Gasteiger partial charge is 0.166 e. The van der Waals surface area contributed by atoms with E-state index in [-0.39, 0.29) is 0 Å². The quantitative estimate of drug-likeness (QED) is 0.108. The van der Waals surface area contributed by atoms with Gasteiger partial charge in [0.25, 0.3) is 0 Å². The Hall–Kier alpha value is -14.1. The van der Waals surface area contributed by atoms with Crippen LogP contribution in [0.2, 0.25) is 0 Å². The van der Waals surface area contributed by atoms with Crippen LogP contribution in [0.4, 0.5) is 0 Å². The first-order valence-electron chi connectivity index (χ1n) is 38.3. The SMILES string of the molecule is Cc1cc(C)cc(-c2ccc3c(c2)c2cc(-c4cc(C)cc(C)c4)ccc2n3-c2ccc(-c3cccc(-c4ccc(-n5c6ccc(-c7cc(C)cc(C)c7)cc6c6cc(-c7cc(C)cc(C)c7)ccc65)c(-c5nc(-c6ccccc6)nc(-c6ccccc6)n5)c4)c3)cc2-c2nc(-c3ccccc3)nc(-c3ccccc3)n2)c1. The van der Waals surface area contributed by atoms with Crippen LogP contribution in [0, 0.1) is 55.4 Å². The fourth-order valence-corrected chi connectivity index (χ4v) is 16.8. The molecule has 0 fully saturated rings. The molecule has 8 nitrogen and oxygen atoms in total. The Labute approximate surface area is 652 Å². The number of nitrogens with zero attached hydrogens (tertiary/aromatic N) is 8. The number of fused-ring (bicyclic) bond motifs is 6. The summed E-state index contributed by atoms with van der Waals surface area (Å²) in [5, 5.41) is 4.57. The predicted molar refractivity (Wildman–Crippen MR) is 465 cm³/mol. The molecule has 0 N–H and O–H groups in total. The third-order valence-electron chi connectivity index (χ3n) is 21.6. The Morgan fingerprint density at radius 3 is 0.634 bits per heavy atom. The van der Waals surface area contributed by atoms with Gasteiger partial charge in [0.15, 0.2) is 34.9 Å². The summed E-state index contributed by atoms with van der Waals surface area (Å²) in [7, 11) is 0. The Balaban J connectivity index is 0.832. The van der Waals surface area contributed by atoms with Gasteiger partial charge in [0.1, 0.15) is 0 Å². The molecule has 0 aliphatic carbocycles. The highest BCUT2D eigenvalue weighted by molar-refractivity contribution is 6.14. The third-order valence-corrected chi connectivity index (χ3v) is 21.6. The summed E-state index contributed by atoms with van der Waals surface area (Å²) >= 11 is 0. The Morgan fingerprint density at radius 2 is 0.375 bits per heavy atom. The van der Waals surface area contributed by atoms with Crippen molar-refractivity contribution in [2.45, 2.75) is 55.4 Å². The number of hydrogen-bond donors (Lipinski definition) is 0. The molecule has 8 heteroatoms. The molecular formula is C104H78N8. The van der Waals surface area contributed by atoms with E-state index in [2.05, 4.69) is 319 Å². The topological polar surface area (TPSA) is 87.2 Å². The number of aryl methyl sites for hydroxylation is 8. The van der Waals surface area contributed by atoms with Gasteiger partial charge in [-0.3, -0.25) is 0 Å². The molecule has 0 amide bonds. The maximum Gasteiger partial charge on any atom is 0.166 e. The maximum atomic E-state index is 5.52. The van der Waals surface area contributed by atoms with Gasteiger partial charge in [-0.1, -0.05) is 293 Å². The predicted octanol–water partition coefficient (Wildman–Crippen LogP) is 26.7. The van der Waals surface area contributed by atoms with Gasteiger partial charge in [-0.2, -0.15) is 0 Å². The standard InChI is InChI=1S/C104H78N8/c1-63-44-64(2)49-83(48-63)79-34-38-93-87(57-79)88-58-80(84-50-65(3)45-66(4)51-84)35-39-94(88)111(93)97-42-32-77(61-91(97)103-107-99(71-22-13-9-14-23-71)105-100(108-103)72-24-15-10-16-25-72)75-30-21-31-76(56-75)78-33-43-98(92(62-78)104-109-101(73-26-17-11-18-27-73)106-102(110-104)74-28-19-12-20-29-74)112-95-40-36-81(85-52-67(5)46-68(6)53-85)59-89(95)90-60-82(37-41-96(90)112)86-54-69(7)47-70(8)55-86/h9-62H,1-8H3. The molecule has 112 heavy (non-hydrogen) atoms. The molecule has 19 rings (SSSR count). The zero-order valence-corrected chi connectivity index (χ0v) is 63.8. The lowest BCUT2D eigenvalue weighted by Gasteiger charge is -2.18. The van der Waals surface area contributed by atoms with Crippen LogP contribution in [-0.2, 0) is 0 Å². The van der Waals surface area contributed by atoms with Crippen molar-refractivity contribution in [1.82, 2.24) is 39.0 Å². The molecule has 0 spiro atoms. The Bertz CT molecular complexity index is 6120. The monoisotopic (exact) mass is 1440 g/mol. The second kappa shape index (κ2) is 28.2. The van der Waals surface area contributed by atoms with E-state index in [4.69, 9.17) is 29.9 Å². The molecule has 15 aromatic carbocycles. The van der Waals surface area contributed by atoms with E-state index < -0.39 is 0 Å². The number of aromatic nitrogens is 8. The minimum atomic E-state index is 0.546. The molecule has 0 unspecified atom stereocenters. The fourth-order valence-electron chi connectivity index (χ4n) is 16.8. The molecule has 0 saturated heterocycles. The van der Waals surface area contributed by atoms with Gasteiger partial charge in [-0.05, 0) is 201 Å². The average molecular weight is 1440 g/mol. The van der Waals surface area contributed by atoms with Gasteiger partial charge < -0.3 is 9.13 Å². The van der Waals surface area contributed by atoms with Gasteiger partial charge in [0.05, 0.1) is 33.4 Å². The van der Waals surface area contributed by atoms with Crippen LogP contribution in [0.3, 0.4) is 0 Å². The summed E-state index contributed by atoms with van der Waals surface area (Å²) in [6.45, 7) is 17.4. The molecule has 0 aliphatic rings. The third kappa shape index (κ3) is 13.0. The first-order chi connectivity index (χ1) is 54.7. The van der Waals surface area contributed by atoms with Crippen molar-refractivity contribution in [2.75, 3.05) is 0 Å². The van der Waals surface area contributed by atoms with Crippen molar-refractivity contribution in [3.8, 4) is 146 Å². The zero-order valence-electron chi connectivity index (χ0n) is 63.8. The van der Waals surface area contributed by atoms with Crippen molar-refractivity contribution in [1.29, 1.82) is 0 Å². The lowest BCUT2D eigenvalue weighted by molar-refractivity contribution is 1.06. The van der Waals surface area contributed by atoms with Crippen LogP contribution >= 0.6 is 0 Å².